The van der Waals surface area contributed by atoms with E-state index in [1.54, 1.807) is 11.3 Å². The fraction of sp³-hybridized carbons (Fsp3) is 0.429. The van der Waals surface area contributed by atoms with E-state index in [9.17, 15) is 0 Å². The lowest BCUT2D eigenvalue weighted by Gasteiger charge is -2.10. The van der Waals surface area contributed by atoms with Crippen molar-refractivity contribution in [3.05, 3.63) is 16.5 Å². The van der Waals surface area contributed by atoms with Crippen LogP contribution in [0.2, 0.25) is 0 Å². The Labute approximate surface area is 69.9 Å². The first-order valence-electron chi connectivity index (χ1n) is 3.37. The lowest BCUT2D eigenvalue weighted by atomic mass is 10.1. The number of hydrogen-bond donors (Lipinski definition) is 2. The molecule has 0 saturated carbocycles. The van der Waals surface area contributed by atoms with Gasteiger partial charge in [-0.2, -0.15) is 0 Å². The van der Waals surface area contributed by atoms with Crippen LogP contribution in [0.15, 0.2) is 10.3 Å². The largest absolute Gasteiger partial charge is 0.312 e. The highest BCUT2D eigenvalue weighted by molar-refractivity contribution is 7.82. The first-order chi connectivity index (χ1) is 4.86. The van der Waals surface area contributed by atoms with Gasteiger partial charge in [0.1, 0.15) is 0 Å². The van der Waals surface area contributed by atoms with E-state index in [-0.39, 0.29) is 0 Å². The molecule has 54 valence electrons. The zero-order chi connectivity index (χ0) is 6.97. The Bertz CT molecular complexity index is 218. The summed E-state index contributed by atoms with van der Waals surface area (Å²) in [6.07, 6.45) is 1.17. The Morgan fingerprint density at radius 2 is 2.50 bits per heavy atom. The van der Waals surface area contributed by atoms with E-state index in [0.717, 1.165) is 17.3 Å². The van der Waals surface area contributed by atoms with Gasteiger partial charge in [-0.05, 0) is 24.6 Å². The standard InChI is InChI=1S/C7H9NS2/c9-7-3-5-1-2-8-4-6(5)10-7/h3,8-9H,1-2,4H2. The fourth-order valence-electron chi connectivity index (χ4n) is 1.24. The molecular formula is C7H9NS2. The van der Waals surface area contributed by atoms with Crippen LogP contribution in [0.25, 0.3) is 0 Å². The third kappa shape index (κ3) is 1.09. The highest BCUT2D eigenvalue weighted by atomic mass is 32.2. The van der Waals surface area contributed by atoms with Crippen molar-refractivity contribution in [1.82, 2.24) is 5.32 Å². The molecule has 1 aromatic heterocycles. The van der Waals surface area contributed by atoms with Gasteiger partial charge in [-0.3, -0.25) is 0 Å². The molecule has 1 N–H and O–H groups in total. The average molecular weight is 171 g/mol. The Balaban J connectivity index is 2.41. The predicted molar refractivity (Wildman–Crippen MR) is 47.0 cm³/mol. The number of nitrogens with one attached hydrogen (secondary N) is 1. The number of thiol groups is 1. The Morgan fingerprint density at radius 1 is 1.60 bits per heavy atom. The second-order valence-electron chi connectivity index (χ2n) is 2.46. The molecule has 0 spiro atoms. The van der Waals surface area contributed by atoms with Gasteiger partial charge >= 0.3 is 0 Å². The first-order valence-corrected chi connectivity index (χ1v) is 4.64. The van der Waals surface area contributed by atoms with Crippen molar-refractivity contribution in [2.24, 2.45) is 0 Å². The van der Waals surface area contributed by atoms with Crippen LogP contribution in [0.5, 0.6) is 0 Å². The predicted octanol–water partition coefficient (Wildman–Crippen LogP) is 1.68. The van der Waals surface area contributed by atoms with E-state index in [2.05, 4.69) is 24.0 Å². The molecular weight excluding hydrogens is 162 g/mol. The highest BCUT2D eigenvalue weighted by Gasteiger charge is 2.10. The van der Waals surface area contributed by atoms with Crippen molar-refractivity contribution in [2.45, 2.75) is 17.2 Å². The maximum atomic E-state index is 4.30. The van der Waals surface area contributed by atoms with Gasteiger partial charge in [-0.1, -0.05) is 0 Å². The van der Waals surface area contributed by atoms with Crippen LogP contribution in [-0.4, -0.2) is 6.54 Å². The number of fused-ring (bicyclic) bond motifs is 1. The monoisotopic (exact) mass is 171 g/mol. The van der Waals surface area contributed by atoms with Gasteiger partial charge in [0.2, 0.25) is 0 Å². The molecule has 0 aromatic carbocycles. The second-order valence-corrected chi connectivity index (χ2v) is 4.38. The fourth-order valence-corrected chi connectivity index (χ4v) is 2.64. The van der Waals surface area contributed by atoms with Gasteiger partial charge < -0.3 is 5.32 Å². The zero-order valence-corrected chi connectivity index (χ0v) is 7.27. The first kappa shape index (κ1) is 6.70. The van der Waals surface area contributed by atoms with Crippen LogP contribution < -0.4 is 5.32 Å². The summed E-state index contributed by atoms with van der Waals surface area (Å²) in [4.78, 5) is 1.47. The van der Waals surface area contributed by atoms with Crippen molar-refractivity contribution in [3.63, 3.8) is 0 Å². The smallest absolute Gasteiger partial charge is 0.0574 e. The van der Waals surface area contributed by atoms with Gasteiger partial charge in [-0.25, -0.2) is 0 Å². The molecule has 1 nitrogen and oxygen atoms in total. The summed E-state index contributed by atoms with van der Waals surface area (Å²) in [5.74, 6) is 0. The maximum absolute atomic E-state index is 4.30. The minimum Gasteiger partial charge on any atom is -0.312 e. The van der Waals surface area contributed by atoms with Crippen LogP contribution in [0, 0.1) is 0 Å². The Hall–Kier alpha value is 0.01000. The van der Waals surface area contributed by atoms with Gasteiger partial charge in [0.15, 0.2) is 0 Å². The van der Waals surface area contributed by atoms with Crippen LogP contribution in [0.4, 0.5) is 0 Å². The maximum Gasteiger partial charge on any atom is 0.0574 e. The molecule has 0 radical (unpaired) electrons. The minimum atomic E-state index is 1.04. The van der Waals surface area contributed by atoms with Crippen LogP contribution in [-0.2, 0) is 13.0 Å². The van der Waals surface area contributed by atoms with Gasteiger partial charge in [0.25, 0.3) is 0 Å². The topological polar surface area (TPSA) is 12.0 Å². The molecule has 10 heavy (non-hydrogen) atoms. The molecule has 1 aromatic rings. The van der Waals surface area contributed by atoms with Gasteiger partial charge in [0.05, 0.1) is 4.21 Å². The second kappa shape index (κ2) is 2.57. The van der Waals surface area contributed by atoms with Crippen LogP contribution in [0.3, 0.4) is 0 Å². The zero-order valence-electron chi connectivity index (χ0n) is 5.55. The van der Waals surface area contributed by atoms with Crippen LogP contribution >= 0.6 is 24.0 Å². The van der Waals surface area contributed by atoms with E-state index in [1.165, 1.54) is 16.9 Å². The van der Waals surface area contributed by atoms with Crippen molar-refractivity contribution >= 4 is 24.0 Å². The molecule has 1 aliphatic heterocycles. The lowest BCUT2D eigenvalue weighted by molar-refractivity contribution is 0.654. The summed E-state index contributed by atoms with van der Waals surface area (Å²) >= 11 is 6.09. The van der Waals surface area contributed by atoms with E-state index in [1.807, 2.05) is 0 Å². The molecule has 0 fully saturated rings. The number of thiophene rings is 1. The SMILES string of the molecule is Sc1cc2c(s1)CNCC2. The van der Waals surface area contributed by atoms with Gasteiger partial charge in [-0.15, -0.1) is 24.0 Å². The molecule has 0 aliphatic carbocycles. The lowest BCUT2D eigenvalue weighted by Crippen LogP contribution is -2.21. The van der Waals surface area contributed by atoms with Crippen molar-refractivity contribution in [1.29, 1.82) is 0 Å². The molecule has 0 saturated heterocycles. The summed E-state index contributed by atoms with van der Waals surface area (Å²) in [6, 6.07) is 2.18. The van der Waals surface area contributed by atoms with E-state index in [0.29, 0.717) is 0 Å². The van der Waals surface area contributed by atoms with Crippen molar-refractivity contribution in [2.75, 3.05) is 6.54 Å². The summed E-state index contributed by atoms with van der Waals surface area (Å²) in [6.45, 7) is 2.16. The Kier molecular flexibility index (Phi) is 1.72. The quantitative estimate of drug-likeness (QED) is 0.566. The molecule has 2 rings (SSSR count). The minimum absolute atomic E-state index is 1.04. The van der Waals surface area contributed by atoms with Crippen molar-refractivity contribution in [3.8, 4) is 0 Å². The number of rotatable bonds is 0. The highest BCUT2D eigenvalue weighted by Crippen LogP contribution is 2.27. The summed E-state index contributed by atoms with van der Waals surface area (Å²) in [5.41, 5.74) is 1.49. The molecule has 2 heterocycles. The molecule has 3 heteroatoms. The van der Waals surface area contributed by atoms with E-state index < -0.39 is 0 Å². The molecule has 1 aliphatic rings. The summed E-state index contributed by atoms with van der Waals surface area (Å²) < 4.78 is 1.15. The van der Waals surface area contributed by atoms with E-state index >= 15 is 0 Å². The van der Waals surface area contributed by atoms with Crippen LogP contribution in [0.1, 0.15) is 10.4 Å². The molecule has 0 bridgehead atoms. The average Bonchev–Trinajstić information content (AvgIpc) is 2.27. The van der Waals surface area contributed by atoms with Gasteiger partial charge in [0, 0.05) is 11.4 Å². The Morgan fingerprint density at radius 3 is 3.30 bits per heavy atom. The van der Waals surface area contributed by atoms with E-state index in [4.69, 9.17) is 0 Å². The summed E-state index contributed by atoms with van der Waals surface area (Å²) in [7, 11) is 0. The third-order valence-electron chi connectivity index (χ3n) is 1.74. The normalized spacial score (nSPS) is 16.9. The molecule has 0 unspecified atom stereocenters. The number of hydrogen-bond acceptors (Lipinski definition) is 3. The summed E-state index contributed by atoms with van der Waals surface area (Å²) in [5, 5.41) is 3.33. The third-order valence-corrected chi connectivity index (χ3v) is 3.12. The molecule has 0 amide bonds. The van der Waals surface area contributed by atoms with Crippen molar-refractivity contribution < 1.29 is 0 Å². The molecule has 0 atom stereocenters.